The van der Waals surface area contributed by atoms with E-state index in [1.54, 1.807) is 12.0 Å². The summed E-state index contributed by atoms with van der Waals surface area (Å²) in [6.07, 6.45) is 1.27. The minimum Gasteiger partial charge on any atom is -0.481 e. The van der Waals surface area contributed by atoms with Crippen LogP contribution in [0.1, 0.15) is 33.6 Å². The number of nitrogens with zero attached hydrogens (tertiary/aromatic N) is 1. The molecule has 0 bridgehead atoms. The van der Waals surface area contributed by atoms with Gasteiger partial charge in [0.2, 0.25) is 5.91 Å². The molecule has 4 unspecified atom stereocenters. The Kier molecular flexibility index (Phi) is 5.79. The molecule has 0 radical (unpaired) electrons. The minimum absolute atomic E-state index is 0.0205. The number of amides is 1. The van der Waals surface area contributed by atoms with E-state index in [0.29, 0.717) is 31.9 Å². The molecule has 110 valence electrons. The van der Waals surface area contributed by atoms with Crippen molar-refractivity contribution >= 4 is 11.9 Å². The summed E-state index contributed by atoms with van der Waals surface area (Å²) >= 11 is 0. The lowest BCUT2D eigenvalue weighted by Crippen LogP contribution is -2.45. The quantitative estimate of drug-likeness (QED) is 0.797. The highest BCUT2D eigenvalue weighted by molar-refractivity contribution is 5.85. The number of methoxy groups -OCH3 is 1. The molecule has 1 aliphatic rings. The Balaban J connectivity index is 2.81. The lowest BCUT2D eigenvalue weighted by molar-refractivity contribution is -0.150. The summed E-state index contributed by atoms with van der Waals surface area (Å²) in [6.45, 7) is 6.91. The summed E-state index contributed by atoms with van der Waals surface area (Å²) < 4.78 is 5.08. The van der Waals surface area contributed by atoms with Crippen molar-refractivity contribution in [3.05, 3.63) is 0 Å². The molecule has 1 saturated carbocycles. The molecular formula is C14H25NO4. The molecule has 1 fully saturated rings. The van der Waals surface area contributed by atoms with Gasteiger partial charge in [0.1, 0.15) is 0 Å². The maximum absolute atomic E-state index is 12.6. The van der Waals surface area contributed by atoms with Gasteiger partial charge in [0.15, 0.2) is 0 Å². The van der Waals surface area contributed by atoms with Gasteiger partial charge in [-0.25, -0.2) is 0 Å². The Labute approximate surface area is 114 Å². The van der Waals surface area contributed by atoms with E-state index in [-0.39, 0.29) is 17.9 Å². The number of carbonyl (C=O) groups is 2. The van der Waals surface area contributed by atoms with Crippen LogP contribution in [0.25, 0.3) is 0 Å². The zero-order valence-electron chi connectivity index (χ0n) is 12.3. The molecule has 19 heavy (non-hydrogen) atoms. The highest BCUT2D eigenvalue weighted by Crippen LogP contribution is 2.37. The van der Waals surface area contributed by atoms with Crippen LogP contribution in [0, 0.1) is 17.8 Å². The predicted octanol–water partition coefficient (Wildman–Crippen LogP) is 1.62. The van der Waals surface area contributed by atoms with E-state index in [2.05, 4.69) is 0 Å². The van der Waals surface area contributed by atoms with Crippen molar-refractivity contribution in [2.75, 3.05) is 20.3 Å². The average Bonchev–Trinajstić information content (AvgIpc) is 2.72. The Morgan fingerprint density at radius 2 is 1.95 bits per heavy atom. The van der Waals surface area contributed by atoms with Gasteiger partial charge in [0, 0.05) is 13.7 Å². The van der Waals surface area contributed by atoms with E-state index in [4.69, 9.17) is 4.74 Å². The van der Waals surface area contributed by atoms with Gasteiger partial charge >= 0.3 is 5.97 Å². The first-order valence-electron chi connectivity index (χ1n) is 6.94. The van der Waals surface area contributed by atoms with Gasteiger partial charge in [-0.3, -0.25) is 9.59 Å². The van der Waals surface area contributed by atoms with Gasteiger partial charge in [-0.1, -0.05) is 6.92 Å². The minimum atomic E-state index is -0.849. The molecular weight excluding hydrogens is 246 g/mol. The highest BCUT2D eigenvalue weighted by Gasteiger charge is 2.43. The van der Waals surface area contributed by atoms with E-state index in [1.807, 2.05) is 20.8 Å². The number of carbonyl (C=O) groups excluding carboxylic acids is 1. The maximum atomic E-state index is 12.6. The molecule has 1 rings (SSSR count). The Bertz CT molecular complexity index is 331. The van der Waals surface area contributed by atoms with Crippen LogP contribution < -0.4 is 0 Å². The first-order valence-corrected chi connectivity index (χ1v) is 6.94. The topological polar surface area (TPSA) is 66.8 Å². The van der Waals surface area contributed by atoms with Crippen LogP contribution in [0.2, 0.25) is 0 Å². The van der Waals surface area contributed by atoms with Crippen molar-refractivity contribution in [2.24, 2.45) is 17.8 Å². The van der Waals surface area contributed by atoms with E-state index in [1.165, 1.54) is 0 Å². The summed E-state index contributed by atoms with van der Waals surface area (Å²) in [5, 5.41) is 9.25. The maximum Gasteiger partial charge on any atom is 0.307 e. The third kappa shape index (κ3) is 3.69. The van der Waals surface area contributed by atoms with E-state index in [0.717, 1.165) is 0 Å². The largest absolute Gasteiger partial charge is 0.481 e. The number of carboxylic acids is 1. The number of carboxylic acid groups (broad SMARTS) is 1. The van der Waals surface area contributed by atoms with Gasteiger partial charge in [0.25, 0.3) is 0 Å². The van der Waals surface area contributed by atoms with Gasteiger partial charge in [-0.15, -0.1) is 0 Å². The number of likely N-dealkylation sites (N-methyl/N-ethyl adjacent to an activating group) is 1. The SMILES string of the molecule is CCN(C(=O)C1CC(C)CC1C(=O)O)C(C)COC. The van der Waals surface area contributed by atoms with Crippen LogP contribution in [0.5, 0.6) is 0 Å². The number of rotatable bonds is 6. The molecule has 1 N–H and O–H groups in total. The third-order valence-electron chi connectivity index (χ3n) is 4.00. The van der Waals surface area contributed by atoms with Crippen LogP contribution in [0.15, 0.2) is 0 Å². The summed E-state index contributed by atoms with van der Waals surface area (Å²) in [7, 11) is 1.60. The lowest BCUT2D eigenvalue weighted by atomic mass is 9.94. The number of aliphatic carboxylic acids is 1. The van der Waals surface area contributed by atoms with Crippen molar-refractivity contribution in [3.8, 4) is 0 Å². The van der Waals surface area contributed by atoms with E-state index >= 15 is 0 Å². The van der Waals surface area contributed by atoms with Crippen LogP contribution >= 0.6 is 0 Å². The average molecular weight is 271 g/mol. The third-order valence-corrected chi connectivity index (χ3v) is 4.00. The first-order chi connectivity index (χ1) is 8.92. The molecule has 0 spiro atoms. The molecule has 1 aliphatic carbocycles. The van der Waals surface area contributed by atoms with Crippen LogP contribution in [0.4, 0.5) is 0 Å². The van der Waals surface area contributed by atoms with Crippen molar-refractivity contribution in [2.45, 2.75) is 39.7 Å². The second-order valence-corrected chi connectivity index (χ2v) is 5.56. The number of hydrogen-bond acceptors (Lipinski definition) is 3. The predicted molar refractivity (Wildman–Crippen MR) is 71.7 cm³/mol. The summed E-state index contributed by atoms with van der Waals surface area (Å²) in [5.74, 6) is -1.51. The summed E-state index contributed by atoms with van der Waals surface area (Å²) in [4.78, 5) is 25.6. The Morgan fingerprint density at radius 1 is 1.37 bits per heavy atom. The lowest BCUT2D eigenvalue weighted by Gasteiger charge is -2.31. The molecule has 5 nitrogen and oxygen atoms in total. The second-order valence-electron chi connectivity index (χ2n) is 5.56. The van der Waals surface area contributed by atoms with E-state index in [9.17, 15) is 14.7 Å². The molecule has 0 aromatic heterocycles. The zero-order chi connectivity index (χ0) is 14.6. The fourth-order valence-electron chi connectivity index (χ4n) is 3.07. The zero-order valence-corrected chi connectivity index (χ0v) is 12.3. The molecule has 0 aromatic rings. The normalized spacial score (nSPS) is 28.1. The molecule has 0 heterocycles. The van der Waals surface area contributed by atoms with E-state index < -0.39 is 11.9 Å². The highest BCUT2D eigenvalue weighted by atomic mass is 16.5. The first kappa shape index (κ1) is 16.0. The van der Waals surface area contributed by atoms with Crippen molar-refractivity contribution < 1.29 is 19.4 Å². The summed E-state index contributed by atoms with van der Waals surface area (Å²) in [5.41, 5.74) is 0. The molecule has 4 atom stereocenters. The molecule has 0 aromatic carbocycles. The molecule has 0 saturated heterocycles. The summed E-state index contributed by atoms with van der Waals surface area (Å²) in [6, 6.07) is -0.0205. The van der Waals surface area contributed by atoms with Gasteiger partial charge in [-0.05, 0) is 32.6 Å². The Morgan fingerprint density at radius 3 is 2.42 bits per heavy atom. The standard InChI is InChI=1S/C14H25NO4/c1-5-15(10(3)8-19-4)13(16)11-6-9(2)7-12(11)14(17)18/h9-12H,5-8H2,1-4H3,(H,17,18). The number of hydrogen-bond donors (Lipinski definition) is 1. The number of ether oxygens (including phenoxy) is 1. The van der Waals surface area contributed by atoms with Gasteiger partial charge < -0.3 is 14.7 Å². The molecule has 1 amide bonds. The second kappa shape index (κ2) is 6.89. The monoisotopic (exact) mass is 271 g/mol. The van der Waals surface area contributed by atoms with Gasteiger partial charge in [0.05, 0.1) is 24.5 Å². The fraction of sp³-hybridized carbons (Fsp3) is 0.857. The van der Waals surface area contributed by atoms with Crippen LogP contribution in [0.3, 0.4) is 0 Å². The van der Waals surface area contributed by atoms with Gasteiger partial charge in [-0.2, -0.15) is 0 Å². The van der Waals surface area contributed by atoms with Crippen molar-refractivity contribution in [1.82, 2.24) is 4.90 Å². The molecule has 0 aliphatic heterocycles. The Hall–Kier alpha value is -1.10. The van der Waals surface area contributed by atoms with Crippen LogP contribution in [-0.4, -0.2) is 48.2 Å². The molecule has 5 heteroatoms. The van der Waals surface area contributed by atoms with Crippen LogP contribution in [-0.2, 0) is 14.3 Å². The van der Waals surface area contributed by atoms with Crippen molar-refractivity contribution in [1.29, 1.82) is 0 Å². The fourth-order valence-corrected chi connectivity index (χ4v) is 3.07. The van der Waals surface area contributed by atoms with Crippen molar-refractivity contribution in [3.63, 3.8) is 0 Å². The smallest absolute Gasteiger partial charge is 0.307 e.